The molecule has 1 heterocycles. The molecule has 0 bridgehead atoms. The van der Waals surface area contributed by atoms with E-state index in [2.05, 4.69) is 15.3 Å². The molecule has 0 spiro atoms. The minimum Gasteiger partial charge on any atom is -0.451 e. The van der Waals surface area contributed by atoms with Gasteiger partial charge in [0, 0.05) is 26.0 Å². The van der Waals surface area contributed by atoms with Crippen LogP contribution in [0.4, 0.5) is 10.3 Å². The van der Waals surface area contributed by atoms with E-state index in [4.69, 9.17) is 4.74 Å². The molecule has 0 aliphatic heterocycles. The van der Waals surface area contributed by atoms with Crippen LogP contribution in [-0.2, 0) is 20.7 Å². The average molecular weight is 360 g/mol. The van der Waals surface area contributed by atoms with Gasteiger partial charge in [0.2, 0.25) is 5.95 Å². The molecule has 26 heavy (non-hydrogen) atoms. The third-order valence-corrected chi connectivity index (χ3v) is 3.56. The van der Waals surface area contributed by atoms with E-state index in [-0.39, 0.29) is 18.3 Å². The Morgan fingerprint density at radius 2 is 1.88 bits per heavy atom. The summed E-state index contributed by atoms with van der Waals surface area (Å²) in [5, 5.41) is 2.69. The van der Waals surface area contributed by atoms with Crippen molar-refractivity contribution in [3.8, 4) is 0 Å². The van der Waals surface area contributed by atoms with Gasteiger partial charge in [-0.05, 0) is 37.1 Å². The van der Waals surface area contributed by atoms with Crippen molar-refractivity contribution in [1.29, 1.82) is 0 Å². The van der Waals surface area contributed by atoms with Gasteiger partial charge in [-0.25, -0.2) is 14.4 Å². The van der Waals surface area contributed by atoms with Crippen LogP contribution in [0, 0.1) is 5.82 Å². The van der Waals surface area contributed by atoms with Crippen LogP contribution in [0.25, 0.3) is 0 Å². The second-order valence-electron chi connectivity index (χ2n) is 5.70. The smallest absolute Gasteiger partial charge is 0.326 e. The summed E-state index contributed by atoms with van der Waals surface area (Å²) in [4.78, 5) is 33.5. The minimum absolute atomic E-state index is 0.0722. The SMILES string of the molecule is CC(OC(=O)CN(C)c1ncccn1)C(=O)NCCc1ccc(F)cc1. The van der Waals surface area contributed by atoms with Crippen LogP contribution < -0.4 is 10.2 Å². The second-order valence-corrected chi connectivity index (χ2v) is 5.70. The molecule has 0 aliphatic carbocycles. The highest BCUT2D eigenvalue weighted by Crippen LogP contribution is 2.04. The predicted molar refractivity (Wildman–Crippen MR) is 94.0 cm³/mol. The molecule has 2 aromatic rings. The van der Waals surface area contributed by atoms with Gasteiger partial charge in [-0.15, -0.1) is 0 Å². The highest BCUT2D eigenvalue weighted by atomic mass is 19.1. The lowest BCUT2D eigenvalue weighted by Gasteiger charge is -2.18. The van der Waals surface area contributed by atoms with Crippen LogP contribution in [0.5, 0.6) is 0 Å². The van der Waals surface area contributed by atoms with E-state index in [1.807, 2.05) is 0 Å². The summed E-state index contributed by atoms with van der Waals surface area (Å²) >= 11 is 0. The number of benzene rings is 1. The summed E-state index contributed by atoms with van der Waals surface area (Å²) in [5.74, 6) is -0.856. The van der Waals surface area contributed by atoms with Gasteiger partial charge in [0.25, 0.3) is 5.91 Å². The summed E-state index contributed by atoms with van der Waals surface area (Å²) in [6.45, 7) is 1.80. The summed E-state index contributed by atoms with van der Waals surface area (Å²) < 4.78 is 18.0. The topological polar surface area (TPSA) is 84.4 Å². The Labute approximate surface area is 151 Å². The first kappa shape index (κ1) is 19.3. The van der Waals surface area contributed by atoms with Gasteiger partial charge in [0.1, 0.15) is 12.4 Å². The number of carbonyl (C=O) groups is 2. The van der Waals surface area contributed by atoms with Crippen LogP contribution >= 0.6 is 0 Å². The Morgan fingerprint density at radius 1 is 1.23 bits per heavy atom. The highest BCUT2D eigenvalue weighted by molar-refractivity contribution is 5.84. The molecule has 1 aromatic carbocycles. The summed E-state index contributed by atoms with van der Waals surface area (Å²) in [5.41, 5.74) is 0.904. The van der Waals surface area contributed by atoms with Gasteiger partial charge in [-0.3, -0.25) is 9.59 Å². The lowest BCUT2D eigenvalue weighted by atomic mass is 10.1. The van der Waals surface area contributed by atoms with Crippen LogP contribution in [0.2, 0.25) is 0 Å². The zero-order valence-corrected chi connectivity index (χ0v) is 14.7. The summed E-state index contributed by atoms with van der Waals surface area (Å²) in [7, 11) is 1.66. The summed E-state index contributed by atoms with van der Waals surface area (Å²) in [6, 6.07) is 7.73. The number of likely N-dealkylation sites (N-methyl/N-ethyl adjacent to an activating group) is 1. The van der Waals surface area contributed by atoms with Gasteiger partial charge in [-0.2, -0.15) is 0 Å². The molecule has 1 atom stereocenters. The lowest BCUT2D eigenvalue weighted by molar-refractivity contribution is -0.153. The van der Waals surface area contributed by atoms with E-state index in [1.54, 1.807) is 37.6 Å². The number of halogens is 1. The first-order chi connectivity index (χ1) is 12.5. The van der Waals surface area contributed by atoms with Crippen LogP contribution in [0.15, 0.2) is 42.7 Å². The van der Waals surface area contributed by atoms with Crippen LogP contribution in [0.1, 0.15) is 12.5 Å². The molecule has 1 amide bonds. The number of rotatable bonds is 8. The van der Waals surface area contributed by atoms with E-state index >= 15 is 0 Å². The Balaban J connectivity index is 1.72. The average Bonchev–Trinajstić information content (AvgIpc) is 2.63. The zero-order chi connectivity index (χ0) is 18.9. The third-order valence-electron chi connectivity index (χ3n) is 3.56. The summed E-state index contributed by atoms with van der Waals surface area (Å²) in [6.07, 6.45) is 2.78. The fourth-order valence-electron chi connectivity index (χ4n) is 2.17. The molecule has 0 saturated heterocycles. The van der Waals surface area contributed by atoms with E-state index in [9.17, 15) is 14.0 Å². The molecule has 8 heteroatoms. The van der Waals surface area contributed by atoms with Crippen molar-refractivity contribution in [3.63, 3.8) is 0 Å². The van der Waals surface area contributed by atoms with E-state index in [0.29, 0.717) is 18.9 Å². The van der Waals surface area contributed by atoms with Crippen molar-refractivity contribution in [2.75, 3.05) is 25.0 Å². The lowest BCUT2D eigenvalue weighted by Crippen LogP contribution is -2.39. The molecule has 7 nitrogen and oxygen atoms in total. The van der Waals surface area contributed by atoms with Crippen molar-refractivity contribution in [2.45, 2.75) is 19.4 Å². The predicted octanol–water partition coefficient (Wildman–Crippen LogP) is 1.34. The largest absolute Gasteiger partial charge is 0.451 e. The number of aromatic nitrogens is 2. The first-order valence-electron chi connectivity index (χ1n) is 8.15. The Bertz CT molecular complexity index is 725. The molecule has 1 unspecified atom stereocenters. The molecule has 0 radical (unpaired) electrons. The molecule has 0 aliphatic rings. The van der Waals surface area contributed by atoms with Gasteiger partial charge in [0.15, 0.2) is 6.10 Å². The Kier molecular flexibility index (Phi) is 7.02. The number of anilines is 1. The number of nitrogens with one attached hydrogen (secondary N) is 1. The zero-order valence-electron chi connectivity index (χ0n) is 14.7. The molecule has 0 fully saturated rings. The van der Waals surface area contributed by atoms with E-state index < -0.39 is 12.1 Å². The maximum absolute atomic E-state index is 12.8. The Hall–Kier alpha value is -3.03. The van der Waals surface area contributed by atoms with Gasteiger partial charge < -0.3 is 15.0 Å². The second kappa shape index (κ2) is 9.45. The number of hydrogen-bond acceptors (Lipinski definition) is 6. The molecule has 138 valence electrons. The molecule has 1 N–H and O–H groups in total. The molecular formula is C18H21FN4O3. The van der Waals surface area contributed by atoms with Crippen molar-refractivity contribution in [2.24, 2.45) is 0 Å². The maximum Gasteiger partial charge on any atom is 0.326 e. The van der Waals surface area contributed by atoms with Crippen molar-refractivity contribution in [1.82, 2.24) is 15.3 Å². The first-order valence-corrected chi connectivity index (χ1v) is 8.15. The fourth-order valence-corrected chi connectivity index (χ4v) is 2.17. The number of carbonyl (C=O) groups excluding carboxylic acids is 2. The highest BCUT2D eigenvalue weighted by Gasteiger charge is 2.19. The van der Waals surface area contributed by atoms with Crippen molar-refractivity contribution < 1.29 is 18.7 Å². The fraction of sp³-hybridized carbons (Fsp3) is 0.333. The van der Waals surface area contributed by atoms with E-state index in [1.165, 1.54) is 24.0 Å². The van der Waals surface area contributed by atoms with Crippen molar-refractivity contribution >= 4 is 17.8 Å². The van der Waals surface area contributed by atoms with Gasteiger partial charge in [0.05, 0.1) is 0 Å². The van der Waals surface area contributed by atoms with Gasteiger partial charge in [-0.1, -0.05) is 12.1 Å². The quantitative estimate of drug-likeness (QED) is 0.715. The van der Waals surface area contributed by atoms with Crippen molar-refractivity contribution in [3.05, 3.63) is 54.1 Å². The monoisotopic (exact) mass is 360 g/mol. The van der Waals surface area contributed by atoms with Gasteiger partial charge >= 0.3 is 5.97 Å². The van der Waals surface area contributed by atoms with Crippen LogP contribution in [-0.4, -0.2) is 48.1 Å². The Morgan fingerprint density at radius 3 is 2.54 bits per heavy atom. The normalized spacial score (nSPS) is 11.5. The molecule has 2 rings (SSSR count). The maximum atomic E-state index is 12.8. The molecule has 0 saturated carbocycles. The number of hydrogen-bond donors (Lipinski definition) is 1. The number of nitrogens with zero attached hydrogens (tertiary/aromatic N) is 3. The third kappa shape index (κ3) is 6.12. The molecule has 1 aromatic heterocycles. The minimum atomic E-state index is -0.916. The number of ether oxygens (including phenoxy) is 1. The number of esters is 1. The number of amides is 1. The van der Waals surface area contributed by atoms with Crippen LogP contribution in [0.3, 0.4) is 0 Å². The van der Waals surface area contributed by atoms with E-state index in [0.717, 1.165) is 5.56 Å². The standard InChI is InChI=1S/C18H21FN4O3/c1-13(17(25)20-11-8-14-4-6-15(19)7-5-14)26-16(24)12-23(2)18-21-9-3-10-22-18/h3-7,9-10,13H,8,11-12H2,1-2H3,(H,20,25). The molecular weight excluding hydrogens is 339 g/mol.